The number of hydrogen-bond acceptors (Lipinski definition) is 4. The maximum Gasteiger partial charge on any atom is 0.388 e. The second-order valence-corrected chi connectivity index (χ2v) is 6.95. The summed E-state index contributed by atoms with van der Waals surface area (Å²) in [5.41, 5.74) is -0.159. The molecule has 0 bridgehead atoms. The van der Waals surface area contributed by atoms with Gasteiger partial charge in [-0.25, -0.2) is 4.79 Å². The van der Waals surface area contributed by atoms with Crippen molar-refractivity contribution in [3.63, 3.8) is 0 Å². The van der Waals surface area contributed by atoms with Gasteiger partial charge >= 0.3 is 12.6 Å². The molecular weight excluding hydrogens is 443 g/mol. The van der Waals surface area contributed by atoms with Gasteiger partial charge in [0.1, 0.15) is 5.56 Å². The number of alkyl halides is 2. The van der Waals surface area contributed by atoms with Crippen LogP contribution in [0.2, 0.25) is 10.0 Å². The van der Waals surface area contributed by atoms with E-state index < -0.39 is 23.6 Å². The van der Waals surface area contributed by atoms with E-state index in [1.54, 1.807) is 17.6 Å². The van der Waals surface area contributed by atoms with Crippen LogP contribution in [0.5, 0.6) is 5.88 Å². The Bertz CT molecular complexity index is 1160. The molecule has 0 saturated heterocycles. The van der Waals surface area contributed by atoms with Gasteiger partial charge in [-0.3, -0.25) is 9.48 Å². The van der Waals surface area contributed by atoms with E-state index in [4.69, 9.17) is 23.2 Å². The van der Waals surface area contributed by atoms with E-state index >= 15 is 0 Å². The Hall–Kier alpha value is -2.91. The molecule has 0 unspecified atom stereocenters. The van der Waals surface area contributed by atoms with Crippen molar-refractivity contribution in [3.05, 3.63) is 68.1 Å². The van der Waals surface area contributed by atoms with Crippen molar-refractivity contribution >= 4 is 29.2 Å². The molecular formula is C19H15Cl2F2N3O4. The Morgan fingerprint density at radius 2 is 1.97 bits per heavy atom. The van der Waals surface area contributed by atoms with Crippen molar-refractivity contribution in [2.24, 2.45) is 0 Å². The minimum absolute atomic E-state index is 0.0178. The largest absolute Gasteiger partial charge is 0.477 e. The molecule has 0 amide bonds. The molecule has 0 saturated carbocycles. The summed E-state index contributed by atoms with van der Waals surface area (Å²) in [6, 6.07) is 6.98. The summed E-state index contributed by atoms with van der Waals surface area (Å²) in [5, 5.41) is 14.0. The van der Waals surface area contributed by atoms with Gasteiger partial charge in [0.25, 0.3) is 0 Å². The number of carboxylic acid groups (broad SMARTS) is 1. The number of benzene rings is 1. The van der Waals surface area contributed by atoms with Crippen molar-refractivity contribution in [2.75, 3.05) is 0 Å². The minimum atomic E-state index is -3.02. The molecule has 0 spiro atoms. The predicted octanol–water partition coefficient (Wildman–Crippen LogP) is 4.39. The van der Waals surface area contributed by atoms with Crippen molar-refractivity contribution < 1.29 is 23.4 Å². The number of pyridine rings is 1. The molecule has 1 N–H and O–H groups in total. The van der Waals surface area contributed by atoms with Crippen LogP contribution in [0.15, 0.2) is 41.3 Å². The van der Waals surface area contributed by atoms with Crippen LogP contribution in [0.1, 0.15) is 23.0 Å². The topological polar surface area (TPSA) is 86.4 Å². The number of halogens is 4. The molecule has 3 aromatic rings. The van der Waals surface area contributed by atoms with Gasteiger partial charge < -0.3 is 14.4 Å². The Kier molecular flexibility index (Phi) is 6.42. The van der Waals surface area contributed by atoms with E-state index in [0.29, 0.717) is 17.8 Å². The molecule has 3 rings (SSSR count). The number of aromatic nitrogens is 3. The summed E-state index contributed by atoms with van der Waals surface area (Å²) in [7, 11) is 0. The summed E-state index contributed by atoms with van der Waals surface area (Å²) >= 11 is 12.0. The number of carboxylic acids is 1. The Balaban J connectivity index is 2.16. The third kappa shape index (κ3) is 4.47. The number of carbonyl (C=O) groups is 1. The predicted molar refractivity (Wildman–Crippen MR) is 107 cm³/mol. The zero-order valence-corrected chi connectivity index (χ0v) is 17.0. The van der Waals surface area contributed by atoms with Crippen LogP contribution in [-0.4, -0.2) is 32.0 Å². The molecule has 0 fully saturated rings. The lowest BCUT2D eigenvalue weighted by atomic mass is 10.0. The van der Waals surface area contributed by atoms with Crippen LogP contribution < -0.4 is 10.2 Å². The average Bonchev–Trinajstić information content (AvgIpc) is 3.09. The second-order valence-electron chi connectivity index (χ2n) is 6.13. The molecule has 1 aromatic carbocycles. The Morgan fingerprint density at radius 1 is 1.23 bits per heavy atom. The fraction of sp³-hybridized carbons (Fsp3) is 0.211. The molecule has 30 heavy (non-hydrogen) atoms. The standard InChI is InChI=1S/C19H15Cl2F2N3O4/c1-2-26-11(9-25-6-5-15(24-25)30-19(22)23)8-14(27)16(18(28)29)17(26)10-3-4-12(20)13(21)7-10/h3-8,19H,2,9H2,1H3,(H,28,29). The van der Waals surface area contributed by atoms with Crippen LogP contribution >= 0.6 is 23.2 Å². The zero-order chi connectivity index (χ0) is 22.0. The molecule has 2 heterocycles. The summed E-state index contributed by atoms with van der Waals surface area (Å²) in [5.74, 6) is -1.66. The summed E-state index contributed by atoms with van der Waals surface area (Å²) < 4.78 is 31.9. The zero-order valence-electron chi connectivity index (χ0n) is 15.5. The van der Waals surface area contributed by atoms with Gasteiger partial charge in [0.15, 0.2) is 5.43 Å². The SMILES string of the molecule is CCn1c(Cn2ccc(OC(F)F)n2)cc(=O)c(C(=O)O)c1-c1ccc(Cl)c(Cl)c1. The van der Waals surface area contributed by atoms with Gasteiger partial charge in [0, 0.05) is 36.1 Å². The minimum Gasteiger partial charge on any atom is -0.477 e. The Morgan fingerprint density at radius 3 is 2.57 bits per heavy atom. The van der Waals surface area contributed by atoms with E-state index in [0.717, 1.165) is 0 Å². The highest BCUT2D eigenvalue weighted by Gasteiger charge is 2.22. The smallest absolute Gasteiger partial charge is 0.388 e. The van der Waals surface area contributed by atoms with Crippen molar-refractivity contribution in [3.8, 4) is 17.1 Å². The lowest BCUT2D eigenvalue weighted by Gasteiger charge is -2.20. The summed E-state index contributed by atoms with van der Waals surface area (Å²) in [4.78, 5) is 24.5. The van der Waals surface area contributed by atoms with Gasteiger partial charge in [0.05, 0.1) is 22.3 Å². The van der Waals surface area contributed by atoms with Crippen LogP contribution in [0, 0.1) is 0 Å². The first-order chi connectivity index (χ1) is 14.2. The first-order valence-electron chi connectivity index (χ1n) is 8.65. The highest BCUT2D eigenvalue weighted by atomic mass is 35.5. The number of nitrogens with zero attached hydrogens (tertiary/aromatic N) is 3. The number of aromatic carboxylic acids is 1. The first-order valence-corrected chi connectivity index (χ1v) is 9.40. The van der Waals surface area contributed by atoms with Gasteiger partial charge in [0.2, 0.25) is 5.88 Å². The van der Waals surface area contributed by atoms with Gasteiger partial charge in [-0.1, -0.05) is 29.3 Å². The lowest BCUT2D eigenvalue weighted by Crippen LogP contribution is -2.24. The number of hydrogen-bond donors (Lipinski definition) is 1. The van der Waals surface area contributed by atoms with Crippen molar-refractivity contribution in [1.29, 1.82) is 0 Å². The normalized spacial score (nSPS) is 11.1. The Labute approximate surface area is 179 Å². The number of ether oxygens (including phenoxy) is 1. The van der Waals surface area contributed by atoms with E-state index in [9.17, 15) is 23.5 Å². The fourth-order valence-electron chi connectivity index (χ4n) is 3.09. The molecule has 158 valence electrons. The second kappa shape index (κ2) is 8.85. The maximum atomic E-state index is 12.6. The third-order valence-electron chi connectivity index (χ3n) is 4.27. The van der Waals surface area contributed by atoms with Gasteiger partial charge in [-0.2, -0.15) is 8.78 Å². The first kappa shape index (κ1) is 21.8. The number of rotatable bonds is 7. The lowest BCUT2D eigenvalue weighted by molar-refractivity contribution is -0.0531. The molecule has 11 heteroatoms. The molecule has 0 radical (unpaired) electrons. The molecule has 0 aliphatic carbocycles. The highest BCUT2D eigenvalue weighted by molar-refractivity contribution is 6.42. The van der Waals surface area contributed by atoms with Crippen LogP contribution in [0.4, 0.5) is 8.78 Å². The van der Waals surface area contributed by atoms with E-state index in [-0.39, 0.29) is 28.2 Å². The average molecular weight is 458 g/mol. The fourth-order valence-corrected chi connectivity index (χ4v) is 3.39. The molecule has 0 aliphatic heterocycles. The van der Waals surface area contributed by atoms with Crippen molar-refractivity contribution in [2.45, 2.75) is 26.6 Å². The van der Waals surface area contributed by atoms with E-state index in [1.165, 1.54) is 35.1 Å². The molecule has 0 aliphatic rings. The summed E-state index contributed by atoms with van der Waals surface area (Å²) in [6.07, 6.45) is 1.41. The van der Waals surface area contributed by atoms with Crippen LogP contribution in [-0.2, 0) is 13.1 Å². The quantitative estimate of drug-likeness (QED) is 0.568. The summed E-state index contributed by atoms with van der Waals surface area (Å²) in [6.45, 7) is -0.912. The molecule has 2 aromatic heterocycles. The highest BCUT2D eigenvalue weighted by Crippen LogP contribution is 2.30. The van der Waals surface area contributed by atoms with Crippen LogP contribution in [0.3, 0.4) is 0 Å². The van der Waals surface area contributed by atoms with Gasteiger partial charge in [-0.05, 0) is 19.1 Å². The van der Waals surface area contributed by atoms with Gasteiger partial charge in [-0.15, -0.1) is 5.10 Å². The van der Waals surface area contributed by atoms with Crippen LogP contribution in [0.25, 0.3) is 11.3 Å². The van der Waals surface area contributed by atoms with E-state index in [2.05, 4.69) is 9.84 Å². The van der Waals surface area contributed by atoms with E-state index in [1.807, 2.05) is 0 Å². The van der Waals surface area contributed by atoms with Crippen molar-refractivity contribution in [1.82, 2.24) is 14.3 Å². The maximum absolute atomic E-state index is 12.6. The molecule has 7 nitrogen and oxygen atoms in total. The monoisotopic (exact) mass is 457 g/mol. The molecule has 0 atom stereocenters. The third-order valence-corrected chi connectivity index (χ3v) is 5.01.